The summed E-state index contributed by atoms with van der Waals surface area (Å²) in [7, 11) is 1.44. The van der Waals surface area contributed by atoms with Crippen LogP contribution in [-0.4, -0.2) is 65.1 Å². The first-order chi connectivity index (χ1) is 15.2. The number of hydrogen-bond donors (Lipinski definition) is 1. The van der Waals surface area contributed by atoms with Gasteiger partial charge in [0.1, 0.15) is 5.01 Å². The van der Waals surface area contributed by atoms with Crippen molar-refractivity contribution in [1.29, 1.82) is 0 Å². The van der Waals surface area contributed by atoms with Crippen LogP contribution in [0.1, 0.15) is 44.2 Å². The van der Waals surface area contributed by atoms with Crippen molar-refractivity contribution in [3.63, 3.8) is 0 Å². The zero-order valence-electron chi connectivity index (χ0n) is 19.0. The first-order valence-electron chi connectivity index (χ1n) is 10.6. The van der Waals surface area contributed by atoms with Crippen LogP contribution >= 0.6 is 11.3 Å². The Balaban J connectivity index is 1.40. The molecule has 3 rings (SSSR count). The van der Waals surface area contributed by atoms with E-state index in [0.29, 0.717) is 37.9 Å². The van der Waals surface area contributed by atoms with Gasteiger partial charge in [0.05, 0.1) is 7.11 Å². The van der Waals surface area contributed by atoms with Gasteiger partial charge in [0.2, 0.25) is 16.9 Å². The summed E-state index contributed by atoms with van der Waals surface area (Å²) in [6.07, 6.45) is 0.259. The number of hydrogen-bond acceptors (Lipinski definition) is 7. The van der Waals surface area contributed by atoms with Crippen LogP contribution in [0.15, 0.2) is 18.2 Å². The predicted octanol–water partition coefficient (Wildman–Crippen LogP) is 3.05. The minimum absolute atomic E-state index is 0.0389. The average molecular weight is 464 g/mol. The van der Waals surface area contributed by atoms with Gasteiger partial charge in [-0.15, -0.1) is 10.2 Å². The quantitative estimate of drug-likeness (QED) is 0.679. The standard InChI is InChI=1S/C22H30FN5O3S/c1-22(2,3)20-25-26-21(32-20)24-18(29)7-8-19(30)28-11-9-27(10-12-28)14-15-5-6-17(31-4)16(23)13-15/h5-6,13H,7-12,14H2,1-4H3,(H,24,26,29). The van der Waals surface area contributed by atoms with E-state index in [0.717, 1.165) is 10.6 Å². The second-order valence-corrected chi connectivity index (χ2v) is 9.81. The molecule has 2 amide bonds. The van der Waals surface area contributed by atoms with Gasteiger partial charge < -0.3 is 15.0 Å². The second-order valence-electron chi connectivity index (χ2n) is 8.84. The number of piperazine rings is 1. The minimum Gasteiger partial charge on any atom is -0.494 e. The maximum absolute atomic E-state index is 13.9. The number of rotatable bonds is 7. The molecule has 1 fully saturated rings. The lowest BCUT2D eigenvalue weighted by molar-refractivity contribution is -0.134. The van der Waals surface area contributed by atoms with E-state index in [1.807, 2.05) is 26.8 Å². The largest absolute Gasteiger partial charge is 0.494 e. The van der Waals surface area contributed by atoms with Crippen LogP contribution < -0.4 is 10.1 Å². The lowest BCUT2D eigenvalue weighted by atomic mass is 9.98. The Morgan fingerprint density at radius 3 is 2.47 bits per heavy atom. The average Bonchev–Trinajstić information content (AvgIpc) is 3.22. The number of carbonyl (C=O) groups is 2. The van der Waals surface area contributed by atoms with E-state index >= 15 is 0 Å². The minimum atomic E-state index is -0.375. The van der Waals surface area contributed by atoms with Crippen molar-refractivity contribution in [2.24, 2.45) is 0 Å². The molecule has 0 unspecified atom stereocenters. The van der Waals surface area contributed by atoms with Gasteiger partial charge in [0, 0.05) is 51.0 Å². The highest BCUT2D eigenvalue weighted by Gasteiger charge is 2.23. The zero-order valence-corrected chi connectivity index (χ0v) is 19.8. The molecule has 0 atom stereocenters. The number of benzene rings is 1. The van der Waals surface area contributed by atoms with Crippen molar-refractivity contribution in [3.05, 3.63) is 34.6 Å². The molecule has 2 heterocycles. The first-order valence-corrected chi connectivity index (χ1v) is 11.4. The van der Waals surface area contributed by atoms with Crippen LogP contribution in [0.2, 0.25) is 0 Å². The van der Waals surface area contributed by atoms with Crippen molar-refractivity contribution in [2.75, 3.05) is 38.6 Å². The summed E-state index contributed by atoms with van der Waals surface area (Å²) in [5.74, 6) is -0.424. The van der Waals surface area contributed by atoms with Crippen LogP contribution in [-0.2, 0) is 21.5 Å². The highest BCUT2D eigenvalue weighted by molar-refractivity contribution is 7.15. The fourth-order valence-corrected chi connectivity index (χ4v) is 4.18. The molecule has 0 saturated carbocycles. The van der Waals surface area contributed by atoms with Gasteiger partial charge in [-0.05, 0) is 17.7 Å². The van der Waals surface area contributed by atoms with Gasteiger partial charge in [-0.25, -0.2) is 4.39 Å². The van der Waals surface area contributed by atoms with Gasteiger partial charge in [0.25, 0.3) is 0 Å². The monoisotopic (exact) mass is 463 g/mol. The highest BCUT2D eigenvalue weighted by Crippen LogP contribution is 2.27. The summed E-state index contributed by atoms with van der Waals surface area (Å²) in [6.45, 7) is 9.29. The Kier molecular flexibility index (Phi) is 7.78. The number of ether oxygens (including phenoxy) is 1. The molecule has 2 aromatic rings. The number of halogens is 1. The molecule has 1 aromatic carbocycles. The van der Waals surface area contributed by atoms with Crippen LogP contribution in [0.25, 0.3) is 0 Å². The Morgan fingerprint density at radius 1 is 1.16 bits per heavy atom. The van der Waals surface area contributed by atoms with Crippen LogP contribution in [0, 0.1) is 5.82 Å². The maximum Gasteiger partial charge on any atom is 0.226 e. The topological polar surface area (TPSA) is 87.7 Å². The molecule has 1 aliphatic heterocycles. The molecule has 1 aromatic heterocycles. The van der Waals surface area contributed by atoms with Crippen molar-refractivity contribution < 1.29 is 18.7 Å². The van der Waals surface area contributed by atoms with Gasteiger partial charge in [-0.1, -0.05) is 38.2 Å². The van der Waals surface area contributed by atoms with Gasteiger partial charge in [0.15, 0.2) is 11.6 Å². The molecule has 1 aliphatic rings. The molecule has 0 bridgehead atoms. The fourth-order valence-electron chi connectivity index (χ4n) is 3.36. The fraction of sp³-hybridized carbons (Fsp3) is 0.545. The number of carbonyl (C=O) groups excluding carboxylic acids is 2. The molecular weight excluding hydrogens is 433 g/mol. The molecule has 174 valence electrons. The molecule has 8 nitrogen and oxygen atoms in total. The summed E-state index contributed by atoms with van der Waals surface area (Å²) in [5.41, 5.74) is 0.742. The zero-order chi connectivity index (χ0) is 23.3. The lowest BCUT2D eigenvalue weighted by Gasteiger charge is -2.34. The number of aromatic nitrogens is 2. The summed E-state index contributed by atoms with van der Waals surface area (Å²) < 4.78 is 18.8. The summed E-state index contributed by atoms with van der Waals surface area (Å²) in [4.78, 5) is 28.7. The maximum atomic E-state index is 13.9. The number of amides is 2. The second kappa shape index (κ2) is 10.4. The lowest BCUT2D eigenvalue weighted by Crippen LogP contribution is -2.48. The number of methoxy groups -OCH3 is 1. The Bertz CT molecular complexity index is 951. The summed E-state index contributed by atoms with van der Waals surface area (Å²) in [5, 5.41) is 12.1. The van der Waals surface area contributed by atoms with E-state index < -0.39 is 0 Å². The number of anilines is 1. The molecule has 1 saturated heterocycles. The van der Waals surface area contributed by atoms with Crippen LogP contribution in [0.3, 0.4) is 0 Å². The number of nitrogens with one attached hydrogen (secondary N) is 1. The van der Waals surface area contributed by atoms with E-state index in [1.165, 1.54) is 24.5 Å². The molecule has 32 heavy (non-hydrogen) atoms. The van der Waals surface area contributed by atoms with E-state index in [-0.39, 0.29) is 41.6 Å². The highest BCUT2D eigenvalue weighted by atomic mass is 32.1. The normalized spacial score (nSPS) is 15.0. The molecule has 0 aliphatic carbocycles. The van der Waals surface area contributed by atoms with Crippen molar-refractivity contribution >= 4 is 28.3 Å². The number of nitrogens with zero attached hydrogens (tertiary/aromatic N) is 4. The Hall–Kier alpha value is -2.59. The molecule has 10 heteroatoms. The molecule has 0 spiro atoms. The van der Waals surface area contributed by atoms with Crippen molar-refractivity contribution in [2.45, 2.75) is 45.6 Å². The predicted molar refractivity (Wildman–Crippen MR) is 121 cm³/mol. The third-order valence-electron chi connectivity index (χ3n) is 5.23. The van der Waals surface area contributed by atoms with Gasteiger partial charge in [-0.2, -0.15) is 0 Å². The Morgan fingerprint density at radius 2 is 1.88 bits per heavy atom. The van der Waals surface area contributed by atoms with E-state index in [4.69, 9.17) is 4.74 Å². The SMILES string of the molecule is COc1ccc(CN2CCN(C(=O)CCC(=O)Nc3nnc(C(C)(C)C)s3)CC2)cc1F. The Labute approximate surface area is 191 Å². The van der Waals surface area contributed by atoms with E-state index in [1.54, 1.807) is 11.0 Å². The molecule has 0 radical (unpaired) electrons. The van der Waals surface area contributed by atoms with Crippen LogP contribution in [0.4, 0.5) is 9.52 Å². The summed E-state index contributed by atoms with van der Waals surface area (Å²) >= 11 is 1.35. The van der Waals surface area contributed by atoms with Gasteiger partial charge in [-0.3, -0.25) is 14.5 Å². The van der Waals surface area contributed by atoms with Crippen molar-refractivity contribution in [3.8, 4) is 5.75 Å². The third kappa shape index (κ3) is 6.46. The molecular formula is C22H30FN5O3S. The first kappa shape index (κ1) is 24.1. The summed E-state index contributed by atoms with van der Waals surface area (Å²) in [6, 6.07) is 4.96. The smallest absolute Gasteiger partial charge is 0.226 e. The van der Waals surface area contributed by atoms with Crippen molar-refractivity contribution in [1.82, 2.24) is 20.0 Å². The van der Waals surface area contributed by atoms with E-state index in [2.05, 4.69) is 20.4 Å². The van der Waals surface area contributed by atoms with Crippen LogP contribution in [0.5, 0.6) is 5.75 Å². The third-order valence-corrected chi connectivity index (χ3v) is 6.49. The molecule has 1 N–H and O–H groups in total. The van der Waals surface area contributed by atoms with Gasteiger partial charge >= 0.3 is 0 Å². The van der Waals surface area contributed by atoms with E-state index in [9.17, 15) is 14.0 Å².